The zero-order valence-corrected chi connectivity index (χ0v) is 18.9. The van der Waals surface area contributed by atoms with Gasteiger partial charge in [-0.3, -0.25) is 4.79 Å². The molecule has 3 aromatic rings. The second-order valence-electron chi connectivity index (χ2n) is 7.77. The van der Waals surface area contributed by atoms with Gasteiger partial charge in [0.1, 0.15) is 5.75 Å². The van der Waals surface area contributed by atoms with Crippen LogP contribution >= 0.6 is 0 Å². The molecule has 32 heavy (non-hydrogen) atoms. The van der Waals surface area contributed by atoms with Crippen molar-refractivity contribution in [2.75, 3.05) is 33.8 Å². The molecule has 0 atom stereocenters. The molecule has 1 heterocycles. The number of hydrogen-bond donors (Lipinski definition) is 1. The van der Waals surface area contributed by atoms with Gasteiger partial charge >= 0.3 is 0 Å². The summed E-state index contributed by atoms with van der Waals surface area (Å²) >= 11 is 0. The fourth-order valence-corrected chi connectivity index (χ4v) is 3.34. The number of nitrogens with one attached hydrogen (secondary N) is 1. The molecule has 0 bridgehead atoms. The number of carbonyl (C=O) groups is 1. The zero-order chi connectivity index (χ0) is 22.6. The van der Waals surface area contributed by atoms with E-state index in [0.717, 1.165) is 42.9 Å². The summed E-state index contributed by atoms with van der Waals surface area (Å²) in [6, 6.07) is 16.3. The molecule has 1 aromatic heterocycles. The molecule has 168 valence electrons. The van der Waals surface area contributed by atoms with Crippen molar-refractivity contribution in [1.82, 2.24) is 19.8 Å². The monoisotopic (exact) mass is 432 g/mol. The van der Waals surface area contributed by atoms with Crippen molar-refractivity contribution >= 4 is 12.0 Å². The third-order valence-corrected chi connectivity index (χ3v) is 5.29. The van der Waals surface area contributed by atoms with Gasteiger partial charge in [0.15, 0.2) is 0 Å². The van der Waals surface area contributed by atoms with Crippen LogP contribution in [0.3, 0.4) is 0 Å². The van der Waals surface area contributed by atoms with Crippen molar-refractivity contribution in [3.8, 4) is 11.4 Å². The topological polar surface area (TPSA) is 59.4 Å². The quantitative estimate of drug-likeness (QED) is 0.440. The Morgan fingerprint density at radius 2 is 1.91 bits per heavy atom. The molecule has 3 rings (SSSR count). The predicted molar refractivity (Wildman–Crippen MR) is 129 cm³/mol. The Bertz CT molecular complexity index is 964. The minimum atomic E-state index is 0.0529. The number of methoxy groups -OCH3 is 1. The highest BCUT2D eigenvalue weighted by molar-refractivity contribution is 5.78. The molecule has 1 N–H and O–H groups in total. The van der Waals surface area contributed by atoms with E-state index in [-0.39, 0.29) is 5.91 Å². The summed E-state index contributed by atoms with van der Waals surface area (Å²) in [6.45, 7) is 2.64. The average Bonchev–Trinajstić information content (AvgIpc) is 3.36. The highest BCUT2D eigenvalue weighted by Crippen LogP contribution is 2.12. The normalized spacial score (nSPS) is 11.2. The fourth-order valence-electron chi connectivity index (χ4n) is 3.34. The predicted octanol–water partition coefficient (Wildman–Crippen LogP) is 3.97. The summed E-state index contributed by atoms with van der Waals surface area (Å²) in [6.07, 6.45) is 11.6. The van der Waals surface area contributed by atoms with Crippen LogP contribution in [0.2, 0.25) is 0 Å². The summed E-state index contributed by atoms with van der Waals surface area (Å²) in [4.78, 5) is 18.4. The Hall–Kier alpha value is -3.38. The highest BCUT2D eigenvalue weighted by Gasteiger charge is 2.02. The largest absolute Gasteiger partial charge is 0.497 e. The minimum Gasteiger partial charge on any atom is -0.497 e. The smallest absolute Gasteiger partial charge is 0.223 e. The number of nitrogens with zero attached hydrogens (tertiary/aromatic N) is 3. The summed E-state index contributed by atoms with van der Waals surface area (Å²) in [5.74, 6) is 0.938. The van der Waals surface area contributed by atoms with Gasteiger partial charge in [0.2, 0.25) is 5.91 Å². The summed E-state index contributed by atoms with van der Waals surface area (Å²) in [5.41, 5.74) is 3.43. The number of aromatic nitrogens is 2. The third-order valence-electron chi connectivity index (χ3n) is 5.29. The number of likely N-dealkylation sites (N-methyl/N-ethyl adjacent to an activating group) is 1. The van der Waals surface area contributed by atoms with Gasteiger partial charge in [-0.15, -0.1) is 0 Å². The van der Waals surface area contributed by atoms with Crippen LogP contribution in [-0.4, -0.2) is 54.1 Å². The van der Waals surface area contributed by atoms with Crippen molar-refractivity contribution < 1.29 is 9.53 Å². The number of amides is 1. The van der Waals surface area contributed by atoms with E-state index in [9.17, 15) is 4.79 Å². The van der Waals surface area contributed by atoms with Crippen LogP contribution in [0.4, 0.5) is 0 Å². The van der Waals surface area contributed by atoms with Crippen LogP contribution in [-0.2, 0) is 11.2 Å². The number of ether oxygens (including phenoxy) is 1. The lowest BCUT2D eigenvalue weighted by Crippen LogP contribution is -2.28. The minimum absolute atomic E-state index is 0.0529. The van der Waals surface area contributed by atoms with E-state index in [1.54, 1.807) is 19.6 Å². The average molecular weight is 433 g/mol. The second-order valence-corrected chi connectivity index (χ2v) is 7.77. The molecule has 0 radical (unpaired) electrons. The molecule has 0 fully saturated rings. The molecule has 0 aliphatic heterocycles. The molecule has 1 amide bonds. The molecule has 0 spiro atoms. The summed E-state index contributed by atoms with van der Waals surface area (Å²) < 4.78 is 7.15. The van der Waals surface area contributed by atoms with Gasteiger partial charge in [-0.2, -0.15) is 0 Å². The lowest BCUT2D eigenvalue weighted by molar-refractivity contribution is -0.120. The van der Waals surface area contributed by atoms with E-state index in [0.29, 0.717) is 13.0 Å². The van der Waals surface area contributed by atoms with Crippen molar-refractivity contribution in [3.63, 3.8) is 0 Å². The molecule has 0 unspecified atom stereocenters. The van der Waals surface area contributed by atoms with Crippen molar-refractivity contribution in [1.29, 1.82) is 0 Å². The maximum Gasteiger partial charge on any atom is 0.223 e. The highest BCUT2D eigenvalue weighted by atomic mass is 16.5. The van der Waals surface area contributed by atoms with E-state index in [2.05, 4.69) is 34.4 Å². The van der Waals surface area contributed by atoms with Crippen LogP contribution in [0.1, 0.15) is 24.0 Å². The van der Waals surface area contributed by atoms with Crippen molar-refractivity contribution in [2.45, 2.75) is 19.3 Å². The third kappa shape index (κ3) is 7.71. The maximum absolute atomic E-state index is 12.1. The lowest BCUT2D eigenvalue weighted by atomic mass is 10.1. The zero-order valence-electron chi connectivity index (χ0n) is 18.9. The van der Waals surface area contributed by atoms with Crippen LogP contribution in [0, 0.1) is 0 Å². The number of imidazole rings is 1. The van der Waals surface area contributed by atoms with Gasteiger partial charge in [0.05, 0.1) is 13.4 Å². The van der Waals surface area contributed by atoms with E-state index in [1.165, 1.54) is 5.56 Å². The van der Waals surface area contributed by atoms with Crippen molar-refractivity contribution in [2.24, 2.45) is 0 Å². The maximum atomic E-state index is 12.1. The van der Waals surface area contributed by atoms with Crippen LogP contribution < -0.4 is 10.1 Å². The van der Waals surface area contributed by atoms with Gasteiger partial charge in [-0.1, -0.05) is 36.4 Å². The molecule has 0 aliphatic rings. The van der Waals surface area contributed by atoms with Gasteiger partial charge in [0.25, 0.3) is 0 Å². The van der Waals surface area contributed by atoms with E-state index >= 15 is 0 Å². The first-order chi connectivity index (χ1) is 15.6. The number of rotatable bonds is 12. The molecule has 0 saturated carbocycles. The SMILES string of the molecule is COc1ccc(CCN(C)CCCNC(=O)C/C=C/c2ccc(-n3ccnc3)cc2)cc1. The summed E-state index contributed by atoms with van der Waals surface area (Å²) in [5, 5.41) is 3.00. The van der Waals surface area contributed by atoms with E-state index in [1.807, 2.05) is 59.3 Å². The first-order valence-corrected chi connectivity index (χ1v) is 11.0. The first-order valence-electron chi connectivity index (χ1n) is 11.0. The van der Waals surface area contributed by atoms with Crippen molar-refractivity contribution in [3.05, 3.63) is 84.5 Å². The Balaban J connectivity index is 1.27. The first kappa shape index (κ1) is 23.3. The molecular formula is C26H32N4O2. The van der Waals surface area contributed by atoms with E-state index in [4.69, 9.17) is 4.74 Å². The Kier molecular flexibility index (Phi) is 9.07. The van der Waals surface area contributed by atoms with Crippen LogP contribution in [0.25, 0.3) is 11.8 Å². The molecular weight excluding hydrogens is 400 g/mol. The standard InChI is InChI=1S/C26H32N4O2/c1-29(19-15-23-9-13-25(32-2)14-10-23)18-4-16-28-26(31)6-3-5-22-7-11-24(12-8-22)30-20-17-27-21-30/h3,5,7-14,17,20-21H,4,6,15-16,18-19H2,1-2H3,(H,28,31)/b5-3+. The number of carbonyl (C=O) groups excluding carboxylic acids is 1. The van der Waals surface area contributed by atoms with Crippen LogP contribution in [0.15, 0.2) is 73.3 Å². The fraction of sp³-hybridized carbons (Fsp3) is 0.308. The molecule has 6 heteroatoms. The van der Waals surface area contributed by atoms with E-state index < -0.39 is 0 Å². The summed E-state index contributed by atoms with van der Waals surface area (Å²) in [7, 11) is 3.80. The van der Waals surface area contributed by atoms with Gasteiger partial charge in [-0.05, 0) is 61.8 Å². The van der Waals surface area contributed by atoms with Gasteiger partial charge < -0.3 is 19.5 Å². The molecule has 0 aliphatic carbocycles. The Labute approximate surface area is 190 Å². The number of hydrogen-bond acceptors (Lipinski definition) is 4. The molecule has 6 nitrogen and oxygen atoms in total. The molecule has 2 aromatic carbocycles. The van der Waals surface area contributed by atoms with Gasteiger partial charge in [0, 0.05) is 37.6 Å². The second kappa shape index (κ2) is 12.5. The molecule has 0 saturated heterocycles. The Morgan fingerprint density at radius 3 is 2.59 bits per heavy atom. The van der Waals surface area contributed by atoms with Crippen LogP contribution in [0.5, 0.6) is 5.75 Å². The number of benzene rings is 2. The lowest BCUT2D eigenvalue weighted by Gasteiger charge is -2.16. The Morgan fingerprint density at radius 1 is 1.12 bits per heavy atom. The van der Waals surface area contributed by atoms with Gasteiger partial charge in [-0.25, -0.2) is 4.98 Å².